The maximum atomic E-state index is 12.6. The van der Waals surface area contributed by atoms with Crippen LogP contribution in [-0.4, -0.2) is 71.1 Å². The Morgan fingerprint density at radius 2 is 2.00 bits per heavy atom. The van der Waals surface area contributed by atoms with E-state index in [0.717, 1.165) is 0 Å². The number of carbonyl (C=O) groups excluding carboxylic acids is 3. The van der Waals surface area contributed by atoms with E-state index in [1.54, 1.807) is 4.90 Å². The molecule has 0 aromatic carbocycles. The van der Waals surface area contributed by atoms with Gasteiger partial charge >= 0.3 is 5.97 Å². The molecule has 2 saturated heterocycles. The van der Waals surface area contributed by atoms with Gasteiger partial charge in [0.1, 0.15) is 6.04 Å². The molecule has 3 unspecified atom stereocenters. The van der Waals surface area contributed by atoms with Crippen LogP contribution >= 0.6 is 0 Å². The highest BCUT2D eigenvalue weighted by Gasteiger charge is 2.44. The molecule has 2 aliphatic rings. The largest absolute Gasteiger partial charge is 0.467 e. The van der Waals surface area contributed by atoms with Gasteiger partial charge in [0.2, 0.25) is 11.8 Å². The van der Waals surface area contributed by atoms with Crippen LogP contribution in [0.15, 0.2) is 0 Å². The molecule has 0 radical (unpaired) electrons. The second-order valence-corrected chi connectivity index (χ2v) is 5.96. The number of likely N-dealkylation sites (tertiary alicyclic amines) is 2. The van der Waals surface area contributed by atoms with Crippen LogP contribution in [0.2, 0.25) is 0 Å². The van der Waals surface area contributed by atoms with Gasteiger partial charge in [-0.25, -0.2) is 4.79 Å². The van der Waals surface area contributed by atoms with E-state index in [2.05, 4.69) is 4.74 Å². The van der Waals surface area contributed by atoms with Crippen molar-refractivity contribution in [2.75, 3.05) is 20.2 Å². The van der Waals surface area contributed by atoms with Crippen molar-refractivity contribution in [3.05, 3.63) is 0 Å². The maximum Gasteiger partial charge on any atom is 0.328 e. The molecule has 2 aliphatic heterocycles. The Bertz CT molecular complexity index is 451. The molecule has 21 heavy (non-hydrogen) atoms. The van der Waals surface area contributed by atoms with Crippen molar-refractivity contribution >= 4 is 17.8 Å². The van der Waals surface area contributed by atoms with Crippen LogP contribution in [0, 0.1) is 5.92 Å². The Morgan fingerprint density at radius 3 is 2.52 bits per heavy atom. The smallest absolute Gasteiger partial charge is 0.328 e. The summed E-state index contributed by atoms with van der Waals surface area (Å²) in [5, 5.41) is 9.72. The average Bonchev–Trinajstić information content (AvgIpc) is 3.00. The number of nitrogens with zero attached hydrogens (tertiary/aromatic N) is 2. The summed E-state index contributed by atoms with van der Waals surface area (Å²) in [5.41, 5.74) is 0. The van der Waals surface area contributed by atoms with Crippen molar-refractivity contribution in [1.29, 1.82) is 0 Å². The van der Waals surface area contributed by atoms with Gasteiger partial charge in [-0.3, -0.25) is 9.59 Å². The number of hydrogen-bond donors (Lipinski definition) is 1. The third-order valence-electron chi connectivity index (χ3n) is 4.17. The Kier molecular flexibility index (Phi) is 4.51. The minimum absolute atomic E-state index is 0.0438. The molecule has 118 valence electrons. The molecule has 0 aliphatic carbocycles. The first kappa shape index (κ1) is 15.8. The predicted molar refractivity (Wildman–Crippen MR) is 73.1 cm³/mol. The first-order valence-corrected chi connectivity index (χ1v) is 7.21. The van der Waals surface area contributed by atoms with Crippen molar-refractivity contribution in [3.63, 3.8) is 0 Å². The second kappa shape index (κ2) is 6.01. The molecule has 2 heterocycles. The van der Waals surface area contributed by atoms with Crippen molar-refractivity contribution < 1.29 is 24.2 Å². The standard InChI is InChI=1S/C14H22N2O5/c1-8(2)15-6-9(4-12(15)18)13(19)16-7-10(17)5-11(16)14(20)21-3/h8-11,17H,4-7H2,1-3H3. The molecule has 7 heteroatoms. The fourth-order valence-corrected chi connectivity index (χ4v) is 3.05. The number of rotatable bonds is 3. The van der Waals surface area contributed by atoms with Crippen molar-refractivity contribution in [2.24, 2.45) is 5.92 Å². The lowest BCUT2D eigenvalue weighted by atomic mass is 10.1. The number of β-amino-alcohol motifs (C(OH)–C–C–N with tert-alkyl or cyclic N) is 1. The van der Waals surface area contributed by atoms with Crippen molar-refractivity contribution in [1.82, 2.24) is 9.80 Å². The number of amides is 2. The summed E-state index contributed by atoms with van der Waals surface area (Å²) in [5.74, 6) is -1.27. The summed E-state index contributed by atoms with van der Waals surface area (Å²) < 4.78 is 4.68. The quantitative estimate of drug-likeness (QED) is 0.702. The maximum absolute atomic E-state index is 12.6. The summed E-state index contributed by atoms with van der Waals surface area (Å²) in [4.78, 5) is 39.2. The molecule has 7 nitrogen and oxygen atoms in total. The Hall–Kier alpha value is -1.63. The van der Waals surface area contributed by atoms with Gasteiger partial charge in [-0.15, -0.1) is 0 Å². The van der Waals surface area contributed by atoms with E-state index in [-0.39, 0.29) is 37.2 Å². The molecule has 0 aromatic rings. The summed E-state index contributed by atoms with van der Waals surface area (Å²) in [7, 11) is 1.26. The van der Waals surface area contributed by atoms with Gasteiger partial charge in [0.05, 0.1) is 19.1 Å². The van der Waals surface area contributed by atoms with Crippen molar-refractivity contribution in [3.8, 4) is 0 Å². The van der Waals surface area contributed by atoms with E-state index in [9.17, 15) is 19.5 Å². The number of ether oxygens (including phenoxy) is 1. The summed E-state index contributed by atoms with van der Waals surface area (Å²) in [6.07, 6.45) is -0.374. The first-order chi connectivity index (χ1) is 9.85. The highest BCUT2D eigenvalue weighted by atomic mass is 16.5. The zero-order valence-corrected chi connectivity index (χ0v) is 12.6. The normalized spacial score (nSPS) is 29.4. The lowest BCUT2D eigenvalue weighted by Gasteiger charge is -2.26. The highest BCUT2D eigenvalue weighted by Crippen LogP contribution is 2.27. The van der Waals surface area contributed by atoms with Crippen LogP contribution in [0.3, 0.4) is 0 Å². The van der Waals surface area contributed by atoms with Crippen LogP contribution in [0.5, 0.6) is 0 Å². The zero-order chi connectivity index (χ0) is 15.7. The van der Waals surface area contributed by atoms with Gasteiger partial charge in [-0.2, -0.15) is 0 Å². The summed E-state index contributed by atoms with van der Waals surface area (Å²) >= 11 is 0. The number of esters is 1. The molecule has 2 fully saturated rings. The van der Waals surface area contributed by atoms with E-state index in [4.69, 9.17) is 0 Å². The molecule has 3 atom stereocenters. The minimum Gasteiger partial charge on any atom is -0.467 e. The van der Waals surface area contributed by atoms with Gasteiger partial charge in [-0.05, 0) is 13.8 Å². The topological polar surface area (TPSA) is 87.1 Å². The zero-order valence-electron chi connectivity index (χ0n) is 12.6. The van der Waals surface area contributed by atoms with E-state index in [1.165, 1.54) is 12.0 Å². The Morgan fingerprint density at radius 1 is 1.33 bits per heavy atom. The lowest BCUT2D eigenvalue weighted by molar-refractivity contribution is -0.152. The number of aliphatic hydroxyl groups excluding tert-OH is 1. The summed E-state index contributed by atoms with van der Waals surface area (Å²) in [6, 6.07) is -0.698. The van der Waals surface area contributed by atoms with Gasteiger partial charge in [0.25, 0.3) is 0 Å². The third kappa shape index (κ3) is 3.02. The number of aliphatic hydroxyl groups is 1. The van der Waals surface area contributed by atoms with Gasteiger partial charge in [0, 0.05) is 32.0 Å². The predicted octanol–water partition coefficient (Wildman–Crippen LogP) is -0.622. The lowest BCUT2D eigenvalue weighted by Crippen LogP contribution is -2.45. The second-order valence-electron chi connectivity index (χ2n) is 5.96. The van der Waals surface area contributed by atoms with Crippen molar-refractivity contribution in [2.45, 2.75) is 44.9 Å². The number of methoxy groups -OCH3 is 1. The van der Waals surface area contributed by atoms with Crippen LogP contribution in [0.1, 0.15) is 26.7 Å². The number of carbonyl (C=O) groups is 3. The molecule has 0 spiro atoms. The molecular weight excluding hydrogens is 276 g/mol. The Balaban J connectivity index is 2.09. The highest BCUT2D eigenvalue weighted by molar-refractivity contribution is 5.92. The SMILES string of the molecule is COC(=O)C1CC(O)CN1C(=O)C1CC(=O)N(C(C)C)C1. The Labute approximate surface area is 123 Å². The molecule has 0 saturated carbocycles. The van der Waals surface area contributed by atoms with Gasteiger partial charge in [0.15, 0.2) is 0 Å². The molecule has 2 rings (SSSR count). The van der Waals surface area contributed by atoms with Gasteiger partial charge in [-0.1, -0.05) is 0 Å². The molecule has 0 bridgehead atoms. The van der Waals surface area contributed by atoms with E-state index in [0.29, 0.717) is 6.54 Å². The van der Waals surface area contributed by atoms with Crippen LogP contribution in [-0.2, 0) is 19.1 Å². The third-order valence-corrected chi connectivity index (χ3v) is 4.17. The van der Waals surface area contributed by atoms with Crippen LogP contribution < -0.4 is 0 Å². The average molecular weight is 298 g/mol. The minimum atomic E-state index is -0.749. The number of hydrogen-bond acceptors (Lipinski definition) is 5. The molecular formula is C14H22N2O5. The molecule has 2 amide bonds. The van der Waals surface area contributed by atoms with E-state index in [1.807, 2.05) is 13.8 Å². The summed E-state index contributed by atoms with van der Waals surface area (Å²) in [6.45, 7) is 4.30. The molecule has 1 N–H and O–H groups in total. The first-order valence-electron chi connectivity index (χ1n) is 7.21. The fourth-order valence-electron chi connectivity index (χ4n) is 3.05. The molecule has 0 aromatic heterocycles. The van der Waals surface area contributed by atoms with Gasteiger partial charge < -0.3 is 19.6 Å². The fraction of sp³-hybridized carbons (Fsp3) is 0.786. The monoisotopic (exact) mass is 298 g/mol. The van der Waals surface area contributed by atoms with E-state index >= 15 is 0 Å². The van der Waals surface area contributed by atoms with E-state index < -0.39 is 24.0 Å². The van der Waals surface area contributed by atoms with Crippen LogP contribution in [0.25, 0.3) is 0 Å². The van der Waals surface area contributed by atoms with Crippen LogP contribution in [0.4, 0.5) is 0 Å².